The van der Waals surface area contributed by atoms with Crippen LogP contribution in [-0.2, 0) is 4.79 Å². The molecule has 1 aliphatic heterocycles. The van der Waals surface area contributed by atoms with Crippen molar-refractivity contribution in [3.8, 4) is 12.3 Å². The zero-order chi connectivity index (χ0) is 17.4. The van der Waals surface area contributed by atoms with Gasteiger partial charge in [0.2, 0.25) is 5.91 Å². The number of piperidine rings is 1. The first-order valence-electron chi connectivity index (χ1n) is 8.89. The highest BCUT2D eigenvalue weighted by molar-refractivity contribution is 5.78. The number of hydrogen-bond acceptors (Lipinski definition) is 3. The standard InChI is InChI=1S/C20H29N3O/c1-4-13-22-14-10-18(11-15-22)20(24)21-12-16-23(5-2)19-9-7-6-8-17(19)3/h1,6-9,18H,5,10-16H2,2-3H3,(H,21,24). The molecule has 24 heavy (non-hydrogen) atoms. The zero-order valence-electron chi connectivity index (χ0n) is 14.9. The van der Waals surface area contributed by atoms with Crippen LogP contribution >= 0.6 is 0 Å². The van der Waals surface area contributed by atoms with Crippen molar-refractivity contribution < 1.29 is 4.79 Å². The monoisotopic (exact) mass is 327 g/mol. The number of aryl methyl sites for hydroxylation is 1. The fourth-order valence-electron chi connectivity index (χ4n) is 3.31. The number of rotatable bonds is 7. The van der Waals surface area contributed by atoms with Crippen LogP contribution in [0.1, 0.15) is 25.3 Å². The maximum atomic E-state index is 12.3. The summed E-state index contributed by atoms with van der Waals surface area (Å²) in [6.07, 6.45) is 7.16. The largest absolute Gasteiger partial charge is 0.370 e. The Labute approximate surface area is 146 Å². The molecule has 0 radical (unpaired) electrons. The molecule has 0 atom stereocenters. The van der Waals surface area contributed by atoms with Gasteiger partial charge < -0.3 is 10.2 Å². The highest BCUT2D eigenvalue weighted by Gasteiger charge is 2.24. The number of carbonyl (C=O) groups excluding carboxylic acids is 1. The van der Waals surface area contributed by atoms with E-state index in [2.05, 4.69) is 59.1 Å². The lowest BCUT2D eigenvalue weighted by molar-refractivity contribution is -0.126. The Morgan fingerprint density at radius 2 is 2.08 bits per heavy atom. The zero-order valence-corrected chi connectivity index (χ0v) is 14.9. The second-order valence-corrected chi connectivity index (χ2v) is 6.41. The smallest absolute Gasteiger partial charge is 0.223 e. The van der Waals surface area contributed by atoms with Crippen molar-refractivity contribution >= 4 is 11.6 Å². The fourth-order valence-corrected chi connectivity index (χ4v) is 3.31. The molecule has 0 spiro atoms. The van der Waals surface area contributed by atoms with Gasteiger partial charge in [-0.1, -0.05) is 24.1 Å². The van der Waals surface area contributed by atoms with E-state index < -0.39 is 0 Å². The van der Waals surface area contributed by atoms with Crippen LogP contribution in [0.5, 0.6) is 0 Å². The van der Waals surface area contributed by atoms with Gasteiger partial charge in [-0.25, -0.2) is 0 Å². The van der Waals surface area contributed by atoms with E-state index in [0.29, 0.717) is 13.1 Å². The molecule has 1 saturated heterocycles. The van der Waals surface area contributed by atoms with Gasteiger partial charge in [0.1, 0.15) is 0 Å². The normalized spacial score (nSPS) is 15.7. The number of benzene rings is 1. The molecular formula is C20H29N3O. The number of terminal acetylenes is 1. The summed E-state index contributed by atoms with van der Waals surface area (Å²) in [6, 6.07) is 8.39. The molecule has 0 aliphatic carbocycles. The molecule has 0 bridgehead atoms. The van der Waals surface area contributed by atoms with E-state index in [1.165, 1.54) is 11.3 Å². The number of likely N-dealkylation sites (tertiary alicyclic amines) is 1. The van der Waals surface area contributed by atoms with E-state index in [4.69, 9.17) is 6.42 Å². The lowest BCUT2D eigenvalue weighted by Gasteiger charge is -2.30. The number of hydrogen-bond donors (Lipinski definition) is 1. The van der Waals surface area contributed by atoms with Crippen LogP contribution in [-0.4, -0.2) is 50.1 Å². The number of anilines is 1. The van der Waals surface area contributed by atoms with Crippen LogP contribution in [0.3, 0.4) is 0 Å². The van der Waals surface area contributed by atoms with Crippen LogP contribution in [0.2, 0.25) is 0 Å². The Morgan fingerprint density at radius 1 is 1.38 bits per heavy atom. The molecule has 1 aromatic rings. The second kappa shape index (κ2) is 9.34. The Hall–Kier alpha value is -1.99. The van der Waals surface area contributed by atoms with Crippen molar-refractivity contribution in [3.63, 3.8) is 0 Å². The summed E-state index contributed by atoms with van der Waals surface area (Å²) >= 11 is 0. The van der Waals surface area contributed by atoms with Gasteiger partial charge in [-0.05, 0) is 51.4 Å². The summed E-state index contributed by atoms with van der Waals surface area (Å²) in [5, 5.41) is 3.11. The van der Waals surface area contributed by atoms with Gasteiger partial charge in [-0.3, -0.25) is 9.69 Å². The van der Waals surface area contributed by atoms with E-state index in [1.807, 2.05) is 0 Å². The average molecular weight is 327 g/mol. The maximum Gasteiger partial charge on any atom is 0.223 e. The molecular weight excluding hydrogens is 298 g/mol. The van der Waals surface area contributed by atoms with Crippen molar-refractivity contribution in [1.82, 2.24) is 10.2 Å². The van der Waals surface area contributed by atoms with Gasteiger partial charge in [0, 0.05) is 31.2 Å². The summed E-state index contributed by atoms with van der Waals surface area (Å²) in [5.41, 5.74) is 2.52. The quantitative estimate of drug-likeness (QED) is 0.781. The number of nitrogens with one attached hydrogen (secondary N) is 1. The second-order valence-electron chi connectivity index (χ2n) is 6.41. The molecule has 130 valence electrons. The minimum absolute atomic E-state index is 0.132. The van der Waals surface area contributed by atoms with Crippen molar-refractivity contribution in [2.24, 2.45) is 5.92 Å². The number of likely N-dealkylation sites (N-methyl/N-ethyl adjacent to an activating group) is 1. The molecule has 4 nitrogen and oxygen atoms in total. The molecule has 1 amide bonds. The van der Waals surface area contributed by atoms with E-state index >= 15 is 0 Å². The lowest BCUT2D eigenvalue weighted by Crippen LogP contribution is -2.42. The molecule has 1 aliphatic rings. The summed E-state index contributed by atoms with van der Waals surface area (Å²) in [6.45, 7) is 9.27. The SMILES string of the molecule is C#CCN1CCC(C(=O)NCCN(CC)c2ccccc2C)CC1. The lowest BCUT2D eigenvalue weighted by atomic mass is 9.96. The molecule has 0 saturated carbocycles. The number of amides is 1. The molecule has 2 rings (SSSR count). The van der Waals surface area contributed by atoms with Crippen LogP contribution < -0.4 is 10.2 Å². The highest BCUT2D eigenvalue weighted by atomic mass is 16.1. The topological polar surface area (TPSA) is 35.6 Å². The predicted molar refractivity (Wildman–Crippen MR) is 100 cm³/mol. The van der Waals surface area contributed by atoms with Crippen LogP contribution in [0, 0.1) is 25.2 Å². The van der Waals surface area contributed by atoms with Gasteiger partial charge in [0.05, 0.1) is 6.54 Å². The van der Waals surface area contributed by atoms with Crippen molar-refractivity contribution in [2.75, 3.05) is 44.2 Å². The van der Waals surface area contributed by atoms with Crippen LogP contribution in [0.15, 0.2) is 24.3 Å². The Kier molecular flexibility index (Phi) is 7.14. The molecule has 1 fully saturated rings. The molecule has 1 heterocycles. The van der Waals surface area contributed by atoms with E-state index in [1.54, 1.807) is 0 Å². The highest BCUT2D eigenvalue weighted by Crippen LogP contribution is 2.19. The van der Waals surface area contributed by atoms with Gasteiger partial charge in [-0.2, -0.15) is 0 Å². The van der Waals surface area contributed by atoms with Gasteiger partial charge in [0.25, 0.3) is 0 Å². The third kappa shape index (κ3) is 5.01. The van der Waals surface area contributed by atoms with E-state index in [9.17, 15) is 4.79 Å². The Bertz CT molecular complexity index is 570. The van der Waals surface area contributed by atoms with Gasteiger partial charge in [-0.15, -0.1) is 6.42 Å². The van der Waals surface area contributed by atoms with Gasteiger partial charge in [0.15, 0.2) is 0 Å². The first kappa shape index (κ1) is 18.4. The van der Waals surface area contributed by atoms with E-state index in [0.717, 1.165) is 39.0 Å². The van der Waals surface area contributed by atoms with Crippen molar-refractivity contribution in [2.45, 2.75) is 26.7 Å². The summed E-state index contributed by atoms with van der Waals surface area (Å²) in [7, 11) is 0. The molecule has 0 aromatic heterocycles. The number of carbonyl (C=O) groups is 1. The van der Waals surface area contributed by atoms with Crippen LogP contribution in [0.25, 0.3) is 0 Å². The fraction of sp³-hybridized carbons (Fsp3) is 0.550. The van der Waals surface area contributed by atoms with Crippen LogP contribution in [0.4, 0.5) is 5.69 Å². The third-order valence-corrected chi connectivity index (χ3v) is 4.79. The number of nitrogens with zero attached hydrogens (tertiary/aromatic N) is 2. The minimum atomic E-state index is 0.132. The Morgan fingerprint density at radius 3 is 2.71 bits per heavy atom. The van der Waals surface area contributed by atoms with Gasteiger partial charge >= 0.3 is 0 Å². The summed E-state index contributed by atoms with van der Waals surface area (Å²) in [5.74, 6) is 3.00. The first-order chi connectivity index (χ1) is 11.7. The number of para-hydroxylation sites is 1. The Balaban J connectivity index is 1.76. The van der Waals surface area contributed by atoms with Crippen molar-refractivity contribution in [1.29, 1.82) is 0 Å². The average Bonchev–Trinajstić information content (AvgIpc) is 2.60. The first-order valence-corrected chi connectivity index (χ1v) is 8.89. The third-order valence-electron chi connectivity index (χ3n) is 4.79. The summed E-state index contributed by atoms with van der Waals surface area (Å²) in [4.78, 5) is 16.9. The maximum absolute atomic E-state index is 12.3. The molecule has 1 N–H and O–H groups in total. The molecule has 4 heteroatoms. The van der Waals surface area contributed by atoms with E-state index in [-0.39, 0.29) is 11.8 Å². The van der Waals surface area contributed by atoms with Crippen molar-refractivity contribution in [3.05, 3.63) is 29.8 Å². The minimum Gasteiger partial charge on any atom is -0.370 e. The summed E-state index contributed by atoms with van der Waals surface area (Å²) < 4.78 is 0. The predicted octanol–water partition coefficient (Wildman–Crippen LogP) is 2.28. The molecule has 1 aromatic carbocycles. The molecule has 0 unspecified atom stereocenters.